The molecule has 7 heteroatoms. The van der Waals surface area contributed by atoms with Crippen molar-refractivity contribution in [3.63, 3.8) is 0 Å². The fourth-order valence-corrected chi connectivity index (χ4v) is 2.83. The molecule has 0 aliphatic heterocycles. The van der Waals surface area contributed by atoms with Crippen LogP contribution < -0.4 is 5.32 Å². The van der Waals surface area contributed by atoms with Crippen LogP contribution in [0.3, 0.4) is 0 Å². The first-order valence-electron chi connectivity index (χ1n) is 7.79. The maximum atomic E-state index is 13.0. The van der Waals surface area contributed by atoms with Gasteiger partial charge in [0.25, 0.3) is 0 Å². The number of likely N-dealkylation sites (N-methyl/N-ethyl adjacent to an activating group) is 1. The van der Waals surface area contributed by atoms with Gasteiger partial charge < -0.3 is 10.2 Å². The summed E-state index contributed by atoms with van der Waals surface area (Å²) in [6.45, 7) is 3.72. The van der Waals surface area contributed by atoms with E-state index in [1.165, 1.54) is 34.4 Å². The van der Waals surface area contributed by atoms with Crippen molar-refractivity contribution < 1.29 is 14.0 Å². The highest BCUT2D eigenvalue weighted by Gasteiger charge is 2.11. The van der Waals surface area contributed by atoms with Crippen molar-refractivity contribution in [1.82, 2.24) is 15.2 Å². The summed E-state index contributed by atoms with van der Waals surface area (Å²) < 4.78 is 13.0. The van der Waals surface area contributed by atoms with Crippen molar-refractivity contribution in [3.8, 4) is 10.6 Å². The van der Waals surface area contributed by atoms with Crippen LogP contribution in [0.25, 0.3) is 16.6 Å². The molecule has 0 unspecified atom stereocenters. The molecule has 2 rings (SSSR count). The van der Waals surface area contributed by atoms with Gasteiger partial charge in [-0.1, -0.05) is 0 Å². The normalized spacial score (nSPS) is 11.1. The van der Waals surface area contributed by atoms with Gasteiger partial charge in [0.15, 0.2) is 0 Å². The summed E-state index contributed by atoms with van der Waals surface area (Å²) in [5.74, 6) is -0.780. The number of halogens is 1. The van der Waals surface area contributed by atoms with E-state index in [1.54, 1.807) is 25.3 Å². The van der Waals surface area contributed by atoms with Gasteiger partial charge in [0.1, 0.15) is 10.8 Å². The molecule has 0 bridgehead atoms. The van der Waals surface area contributed by atoms with Crippen LogP contribution in [0, 0.1) is 5.82 Å². The van der Waals surface area contributed by atoms with Gasteiger partial charge >= 0.3 is 0 Å². The van der Waals surface area contributed by atoms with Gasteiger partial charge in [-0.15, -0.1) is 11.3 Å². The zero-order valence-electron chi connectivity index (χ0n) is 14.3. The molecule has 0 aliphatic rings. The molecule has 2 aromatic rings. The van der Waals surface area contributed by atoms with Crippen molar-refractivity contribution in [3.05, 3.63) is 47.2 Å². The van der Waals surface area contributed by atoms with Gasteiger partial charge in [-0.05, 0) is 44.2 Å². The average molecular weight is 361 g/mol. The maximum absolute atomic E-state index is 13.0. The first-order chi connectivity index (χ1) is 11.8. The lowest BCUT2D eigenvalue weighted by atomic mass is 10.2. The van der Waals surface area contributed by atoms with E-state index in [4.69, 9.17) is 0 Å². The summed E-state index contributed by atoms with van der Waals surface area (Å²) in [5, 5.41) is 5.29. The van der Waals surface area contributed by atoms with Gasteiger partial charge in [0.2, 0.25) is 11.8 Å². The van der Waals surface area contributed by atoms with E-state index in [0.29, 0.717) is 5.69 Å². The molecule has 2 amide bonds. The van der Waals surface area contributed by atoms with E-state index >= 15 is 0 Å². The SMILES string of the molecule is CC(C)NC(=O)CN(C)C(=O)C=Cc1csc(-c2ccc(F)cc2)n1. The van der Waals surface area contributed by atoms with Gasteiger partial charge in [-0.3, -0.25) is 9.59 Å². The van der Waals surface area contributed by atoms with E-state index in [2.05, 4.69) is 10.3 Å². The van der Waals surface area contributed by atoms with Crippen LogP contribution in [0.1, 0.15) is 19.5 Å². The minimum absolute atomic E-state index is 0.000746. The van der Waals surface area contributed by atoms with Gasteiger partial charge in [0, 0.05) is 30.1 Å². The van der Waals surface area contributed by atoms with Crippen molar-refractivity contribution >= 4 is 29.2 Å². The van der Waals surface area contributed by atoms with E-state index in [9.17, 15) is 14.0 Å². The lowest BCUT2D eigenvalue weighted by Gasteiger charge is -2.16. The molecule has 1 heterocycles. The Hall–Kier alpha value is -2.54. The molecular formula is C18H20FN3O2S. The Bertz CT molecular complexity index is 769. The van der Waals surface area contributed by atoms with Crippen LogP contribution in [0.5, 0.6) is 0 Å². The summed E-state index contributed by atoms with van der Waals surface area (Å²) in [4.78, 5) is 29.4. The Morgan fingerprint density at radius 1 is 1.32 bits per heavy atom. The molecule has 1 N–H and O–H groups in total. The van der Waals surface area contributed by atoms with E-state index < -0.39 is 0 Å². The smallest absolute Gasteiger partial charge is 0.246 e. The summed E-state index contributed by atoms with van der Waals surface area (Å²) in [5.41, 5.74) is 1.46. The standard InChI is InChI=1S/C18H20FN3O2S/c1-12(2)20-16(23)10-22(3)17(24)9-8-15-11-25-18(21-15)13-4-6-14(19)7-5-13/h4-9,11-12H,10H2,1-3H3,(H,20,23). The number of rotatable bonds is 6. The second kappa shape index (κ2) is 8.53. The lowest BCUT2D eigenvalue weighted by Crippen LogP contribution is -2.40. The lowest BCUT2D eigenvalue weighted by molar-refractivity contribution is -0.131. The third-order valence-corrected chi connectivity index (χ3v) is 4.13. The summed E-state index contributed by atoms with van der Waals surface area (Å²) in [6, 6.07) is 6.12. The third kappa shape index (κ3) is 5.79. The van der Waals surface area contributed by atoms with Crippen LogP contribution >= 0.6 is 11.3 Å². The molecule has 5 nitrogen and oxygen atoms in total. The minimum Gasteiger partial charge on any atom is -0.352 e. The van der Waals surface area contributed by atoms with Crippen molar-refractivity contribution in [1.29, 1.82) is 0 Å². The zero-order chi connectivity index (χ0) is 18.4. The van der Waals surface area contributed by atoms with E-state index in [0.717, 1.165) is 10.6 Å². The Morgan fingerprint density at radius 3 is 2.64 bits per heavy atom. The maximum Gasteiger partial charge on any atom is 0.246 e. The fourth-order valence-electron chi connectivity index (χ4n) is 2.03. The summed E-state index contributed by atoms with van der Waals surface area (Å²) in [6.07, 6.45) is 2.98. The largest absolute Gasteiger partial charge is 0.352 e. The molecule has 132 valence electrons. The first kappa shape index (κ1) is 18.8. The van der Waals surface area contributed by atoms with Crippen molar-refractivity contribution in [2.24, 2.45) is 0 Å². The third-order valence-electron chi connectivity index (χ3n) is 3.22. The van der Waals surface area contributed by atoms with Crippen LogP contribution in [0.2, 0.25) is 0 Å². The predicted molar refractivity (Wildman–Crippen MR) is 97.5 cm³/mol. The van der Waals surface area contributed by atoms with Crippen LogP contribution in [-0.4, -0.2) is 41.3 Å². The predicted octanol–water partition coefficient (Wildman–Crippen LogP) is 2.95. The topological polar surface area (TPSA) is 62.3 Å². The van der Waals surface area contributed by atoms with Crippen molar-refractivity contribution in [2.45, 2.75) is 19.9 Å². The number of carbonyl (C=O) groups is 2. The molecule has 0 aliphatic carbocycles. The quantitative estimate of drug-likeness (QED) is 0.805. The fraction of sp³-hybridized carbons (Fsp3) is 0.278. The molecule has 1 aromatic carbocycles. The molecule has 1 aromatic heterocycles. The summed E-state index contributed by atoms with van der Waals surface area (Å²) in [7, 11) is 1.57. The first-order valence-corrected chi connectivity index (χ1v) is 8.67. The number of carbonyl (C=O) groups excluding carboxylic acids is 2. The molecule has 25 heavy (non-hydrogen) atoms. The number of aromatic nitrogens is 1. The molecule has 0 radical (unpaired) electrons. The van der Waals surface area contributed by atoms with Crippen LogP contribution in [0.4, 0.5) is 4.39 Å². The second-order valence-corrected chi connectivity index (χ2v) is 6.69. The van der Waals surface area contributed by atoms with Crippen LogP contribution in [-0.2, 0) is 9.59 Å². The Labute approximate surface area is 150 Å². The van der Waals surface area contributed by atoms with Crippen molar-refractivity contribution in [2.75, 3.05) is 13.6 Å². The molecule has 0 saturated heterocycles. The molecule has 0 fully saturated rings. The molecular weight excluding hydrogens is 341 g/mol. The Kier molecular flexibility index (Phi) is 6.41. The zero-order valence-corrected chi connectivity index (χ0v) is 15.1. The molecule has 0 spiro atoms. The molecule has 0 saturated carbocycles. The number of nitrogens with zero attached hydrogens (tertiary/aromatic N) is 2. The number of hydrogen-bond donors (Lipinski definition) is 1. The highest BCUT2D eigenvalue weighted by molar-refractivity contribution is 7.13. The number of nitrogens with one attached hydrogen (secondary N) is 1. The second-order valence-electron chi connectivity index (χ2n) is 5.83. The van der Waals surface area contributed by atoms with Gasteiger partial charge in [-0.2, -0.15) is 0 Å². The average Bonchev–Trinajstić information content (AvgIpc) is 3.01. The molecule has 0 atom stereocenters. The van der Waals surface area contributed by atoms with Crippen LogP contribution in [0.15, 0.2) is 35.7 Å². The van der Waals surface area contributed by atoms with Gasteiger partial charge in [0.05, 0.1) is 12.2 Å². The Balaban J connectivity index is 1.96. The number of benzene rings is 1. The van der Waals surface area contributed by atoms with E-state index in [-0.39, 0.29) is 30.2 Å². The monoisotopic (exact) mass is 361 g/mol. The van der Waals surface area contributed by atoms with Gasteiger partial charge in [-0.25, -0.2) is 9.37 Å². The number of amides is 2. The number of hydrogen-bond acceptors (Lipinski definition) is 4. The Morgan fingerprint density at radius 2 is 2.00 bits per heavy atom. The van der Waals surface area contributed by atoms with E-state index in [1.807, 2.05) is 19.2 Å². The minimum atomic E-state index is -0.296. The highest BCUT2D eigenvalue weighted by atomic mass is 32.1. The number of thiazole rings is 1. The highest BCUT2D eigenvalue weighted by Crippen LogP contribution is 2.24. The summed E-state index contributed by atoms with van der Waals surface area (Å²) >= 11 is 1.41.